The topological polar surface area (TPSA) is 81.7 Å². The number of hydrogen-bond acceptors (Lipinski definition) is 3. The molecule has 1 fully saturated rings. The Morgan fingerprint density at radius 3 is 2.71 bits per heavy atom. The highest BCUT2D eigenvalue weighted by Gasteiger charge is 2.31. The van der Waals surface area contributed by atoms with Crippen LogP contribution in [-0.4, -0.2) is 42.3 Å². The Bertz CT molecular complexity index is 513. The van der Waals surface area contributed by atoms with Crippen LogP contribution in [0.1, 0.15) is 18.9 Å². The molecule has 114 valence electrons. The predicted octanol–water partition coefficient (Wildman–Crippen LogP) is 0.780. The summed E-state index contributed by atoms with van der Waals surface area (Å²) in [6, 6.07) is 7.15. The number of hydrogen-bond donors (Lipinski definition) is 3. The molecule has 1 heterocycles. The first-order chi connectivity index (χ1) is 9.95. The third-order valence-corrected chi connectivity index (χ3v) is 3.36. The SMILES string of the molecule is Cc1ccc(N2C[C@H](NC(=O)NC[C@H](C)O)CC2=O)cc1. The van der Waals surface area contributed by atoms with Gasteiger partial charge in [-0.25, -0.2) is 4.79 Å². The van der Waals surface area contributed by atoms with E-state index in [9.17, 15) is 9.59 Å². The van der Waals surface area contributed by atoms with Gasteiger partial charge in [0.25, 0.3) is 0 Å². The average Bonchev–Trinajstić information content (AvgIpc) is 2.78. The van der Waals surface area contributed by atoms with E-state index in [2.05, 4.69) is 10.6 Å². The van der Waals surface area contributed by atoms with Crippen LogP contribution in [0.5, 0.6) is 0 Å². The van der Waals surface area contributed by atoms with Gasteiger partial charge in [0.2, 0.25) is 5.91 Å². The number of benzene rings is 1. The van der Waals surface area contributed by atoms with E-state index in [1.807, 2.05) is 31.2 Å². The number of carbonyl (C=O) groups excluding carboxylic acids is 2. The van der Waals surface area contributed by atoms with Gasteiger partial charge in [0, 0.05) is 25.2 Å². The van der Waals surface area contributed by atoms with E-state index in [1.54, 1.807) is 11.8 Å². The lowest BCUT2D eigenvalue weighted by Crippen LogP contribution is -2.45. The molecule has 21 heavy (non-hydrogen) atoms. The van der Waals surface area contributed by atoms with Crippen molar-refractivity contribution in [2.75, 3.05) is 18.0 Å². The van der Waals surface area contributed by atoms with Gasteiger partial charge in [0.1, 0.15) is 0 Å². The number of carbonyl (C=O) groups is 2. The Morgan fingerprint density at radius 2 is 2.10 bits per heavy atom. The summed E-state index contributed by atoms with van der Waals surface area (Å²) in [7, 11) is 0. The van der Waals surface area contributed by atoms with Crippen LogP contribution in [0.4, 0.5) is 10.5 Å². The Morgan fingerprint density at radius 1 is 1.43 bits per heavy atom. The third kappa shape index (κ3) is 4.19. The lowest BCUT2D eigenvalue weighted by atomic mass is 10.2. The number of anilines is 1. The van der Waals surface area contributed by atoms with Gasteiger partial charge in [-0.3, -0.25) is 4.79 Å². The Balaban J connectivity index is 1.90. The van der Waals surface area contributed by atoms with Crippen molar-refractivity contribution in [2.45, 2.75) is 32.4 Å². The fourth-order valence-corrected chi connectivity index (χ4v) is 2.26. The molecule has 1 aromatic carbocycles. The maximum atomic E-state index is 12.0. The van der Waals surface area contributed by atoms with Crippen molar-refractivity contribution in [3.63, 3.8) is 0 Å². The molecule has 2 atom stereocenters. The number of aryl methyl sites for hydroxylation is 1. The first kappa shape index (κ1) is 15.3. The van der Waals surface area contributed by atoms with E-state index in [-0.39, 0.29) is 30.9 Å². The van der Waals surface area contributed by atoms with Gasteiger partial charge in [-0.1, -0.05) is 17.7 Å². The molecule has 3 amide bonds. The van der Waals surface area contributed by atoms with Crippen LogP contribution in [0.3, 0.4) is 0 Å². The quantitative estimate of drug-likeness (QED) is 0.767. The van der Waals surface area contributed by atoms with E-state index < -0.39 is 6.10 Å². The Hall–Kier alpha value is -2.08. The standard InChI is InChI=1S/C15H21N3O3/c1-10-3-5-13(6-4-10)18-9-12(7-14(18)20)17-15(21)16-8-11(2)19/h3-6,11-12,19H,7-9H2,1-2H3,(H2,16,17,21)/t11-,12+/m0/s1. The molecule has 1 saturated heterocycles. The molecular weight excluding hydrogens is 270 g/mol. The van der Waals surface area contributed by atoms with Crippen molar-refractivity contribution in [1.82, 2.24) is 10.6 Å². The molecule has 0 aromatic heterocycles. The van der Waals surface area contributed by atoms with Crippen LogP contribution in [0.2, 0.25) is 0 Å². The van der Waals surface area contributed by atoms with Gasteiger partial charge >= 0.3 is 6.03 Å². The molecule has 1 aliphatic heterocycles. The molecule has 0 unspecified atom stereocenters. The fraction of sp³-hybridized carbons (Fsp3) is 0.467. The number of aliphatic hydroxyl groups is 1. The second-order valence-corrected chi connectivity index (χ2v) is 5.44. The second-order valence-electron chi connectivity index (χ2n) is 5.44. The Labute approximate surface area is 124 Å². The van der Waals surface area contributed by atoms with Crippen molar-refractivity contribution in [2.24, 2.45) is 0 Å². The van der Waals surface area contributed by atoms with Crippen LogP contribution >= 0.6 is 0 Å². The molecule has 3 N–H and O–H groups in total. The van der Waals surface area contributed by atoms with Crippen molar-refractivity contribution in [3.8, 4) is 0 Å². The summed E-state index contributed by atoms with van der Waals surface area (Å²) in [5.74, 6) is -0.000297. The van der Waals surface area contributed by atoms with E-state index in [4.69, 9.17) is 5.11 Å². The fourth-order valence-electron chi connectivity index (χ4n) is 2.26. The van der Waals surface area contributed by atoms with Gasteiger partial charge in [0.15, 0.2) is 0 Å². The number of urea groups is 1. The van der Waals surface area contributed by atoms with Crippen molar-refractivity contribution < 1.29 is 14.7 Å². The minimum atomic E-state index is -0.593. The van der Waals surface area contributed by atoms with Crippen LogP contribution < -0.4 is 15.5 Å². The molecule has 0 radical (unpaired) electrons. The number of nitrogens with zero attached hydrogens (tertiary/aromatic N) is 1. The van der Waals surface area contributed by atoms with Crippen LogP contribution in [-0.2, 0) is 4.79 Å². The predicted molar refractivity (Wildman–Crippen MR) is 80.2 cm³/mol. The molecule has 1 aliphatic rings. The molecular formula is C15H21N3O3. The normalized spacial score (nSPS) is 19.5. The largest absolute Gasteiger partial charge is 0.392 e. The van der Waals surface area contributed by atoms with Gasteiger partial charge in [-0.15, -0.1) is 0 Å². The number of nitrogens with one attached hydrogen (secondary N) is 2. The van der Waals surface area contributed by atoms with Crippen molar-refractivity contribution in [1.29, 1.82) is 0 Å². The van der Waals surface area contributed by atoms with Crippen molar-refractivity contribution >= 4 is 17.6 Å². The van der Waals surface area contributed by atoms with Gasteiger partial charge in [-0.2, -0.15) is 0 Å². The highest BCUT2D eigenvalue weighted by Crippen LogP contribution is 2.21. The molecule has 0 saturated carbocycles. The minimum absolute atomic E-state index is 0.000297. The lowest BCUT2D eigenvalue weighted by Gasteiger charge is -2.17. The molecule has 2 rings (SSSR count). The molecule has 6 nitrogen and oxygen atoms in total. The molecule has 0 aliphatic carbocycles. The van der Waals surface area contributed by atoms with E-state index in [0.717, 1.165) is 11.3 Å². The average molecular weight is 291 g/mol. The first-order valence-corrected chi connectivity index (χ1v) is 7.05. The van der Waals surface area contributed by atoms with Crippen LogP contribution in [0.25, 0.3) is 0 Å². The number of amides is 3. The summed E-state index contributed by atoms with van der Waals surface area (Å²) in [6.45, 7) is 4.24. The monoisotopic (exact) mass is 291 g/mol. The minimum Gasteiger partial charge on any atom is -0.392 e. The zero-order chi connectivity index (χ0) is 15.4. The number of aliphatic hydroxyl groups excluding tert-OH is 1. The van der Waals surface area contributed by atoms with Gasteiger partial charge in [-0.05, 0) is 26.0 Å². The summed E-state index contributed by atoms with van der Waals surface area (Å²) in [5.41, 5.74) is 1.98. The van der Waals surface area contributed by atoms with Gasteiger partial charge < -0.3 is 20.6 Å². The molecule has 6 heteroatoms. The Kier molecular flexibility index (Phi) is 4.80. The summed E-state index contributed by atoms with van der Waals surface area (Å²) >= 11 is 0. The smallest absolute Gasteiger partial charge is 0.315 e. The van der Waals surface area contributed by atoms with E-state index in [1.165, 1.54) is 0 Å². The molecule has 1 aromatic rings. The van der Waals surface area contributed by atoms with Crippen molar-refractivity contribution in [3.05, 3.63) is 29.8 Å². The summed E-state index contributed by atoms with van der Waals surface area (Å²) in [6.07, 6.45) is -0.305. The van der Waals surface area contributed by atoms with Crippen LogP contribution in [0.15, 0.2) is 24.3 Å². The zero-order valence-corrected chi connectivity index (χ0v) is 12.3. The number of rotatable bonds is 4. The second kappa shape index (κ2) is 6.58. The highest BCUT2D eigenvalue weighted by atomic mass is 16.3. The molecule has 0 bridgehead atoms. The molecule has 0 spiro atoms. The van der Waals surface area contributed by atoms with E-state index in [0.29, 0.717) is 6.54 Å². The summed E-state index contributed by atoms with van der Waals surface area (Å²) < 4.78 is 0. The van der Waals surface area contributed by atoms with Crippen LogP contribution in [0, 0.1) is 6.92 Å². The van der Waals surface area contributed by atoms with Gasteiger partial charge in [0.05, 0.1) is 12.1 Å². The summed E-state index contributed by atoms with van der Waals surface area (Å²) in [4.78, 5) is 25.3. The lowest BCUT2D eigenvalue weighted by molar-refractivity contribution is -0.117. The maximum absolute atomic E-state index is 12.0. The maximum Gasteiger partial charge on any atom is 0.315 e. The van der Waals surface area contributed by atoms with E-state index >= 15 is 0 Å². The zero-order valence-electron chi connectivity index (χ0n) is 12.3. The third-order valence-electron chi connectivity index (χ3n) is 3.36. The first-order valence-electron chi connectivity index (χ1n) is 7.05. The summed E-state index contributed by atoms with van der Waals surface area (Å²) in [5, 5.41) is 14.4. The highest BCUT2D eigenvalue weighted by molar-refractivity contribution is 5.96.